The van der Waals surface area contributed by atoms with E-state index in [9.17, 15) is 23.1 Å². The summed E-state index contributed by atoms with van der Waals surface area (Å²) < 4.78 is 41.5. The van der Waals surface area contributed by atoms with Crippen LogP contribution in [-0.4, -0.2) is 38.4 Å². The number of Topliss-reactive ketones (excluding diaryl/α,β-unsaturated/α-hetero) is 1. The van der Waals surface area contributed by atoms with Crippen LogP contribution in [0, 0.1) is 19.3 Å². The van der Waals surface area contributed by atoms with Crippen molar-refractivity contribution in [1.29, 1.82) is 0 Å². The molecule has 1 atom stereocenters. The zero-order chi connectivity index (χ0) is 25.5. The molecule has 0 saturated carbocycles. The fraction of sp³-hybridized carbons (Fsp3) is 0.654. The van der Waals surface area contributed by atoms with Gasteiger partial charge in [-0.15, -0.1) is 10.2 Å². The van der Waals surface area contributed by atoms with E-state index < -0.39 is 18.6 Å². The second-order valence-corrected chi connectivity index (χ2v) is 10.5. The Kier molecular flexibility index (Phi) is 9.85. The molecule has 8 heteroatoms. The van der Waals surface area contributed by atoms with Crippen LogP contribution < -0.4 is 0 Å². The predicted octanol–water partition coefficient (Wildman–Crippen LogP) is 5.88. The molecule has 1 N–H and O–H groups in total. The first-order chi connectivity index (χ1) is 15.8. The van der Waals surface area contributed by atoms with Crippen molar-refractivity contribution in [2.45, 2.75) is 98.2 Å². The molecule has 0 aliphatic heterocycles. The fourth-order valence-electron chi connectivity index (χ4n) is 4.23. The highest BCUT2D eigenvalue weighted by Gasteiger charge is 2.33. The van der Waals surface area contributed by atoms with Gasteiger partial charge >= 0.3 is 6.18 Å². The van der Waals surface area contributed by atoms with Crippen molar-refractivity contribution < 1.29 is 23.1 Å². The number of aliphatic hydroxyl groups is 1. The molecule has 5 nitrogen and oxygen atoms in total. The van der Waals surface area contributed by atoms with E-state index in [4.69, 9.17) is 0 Å². The number of carbonyl (C=O) groups excluding carboxylic acids is 1. The molecule has 0 radical (unpaired) electrons. The zero-order valence-electron chi connectivity index (χ0n) is 21.0. The van der Waals surface area contributed by atoms with Crippen LogP contribution in [0.15, 0.2) is 18.2 Å². The smallest absolute Gasteiger partial charge is 0.396 e. The van der Waals surface area contributed by atoms with Crippen LogP contribution in [-0.2, 0) is 24.2 Å². The largest absolute Gasteiger partial charge is 0.406 e. The molecular weight excluding hydrogens is 443 g/mol. The third-order valence-corrected chi connectivity index (χ3v) is 5.96. The highest BCUT2D eigenvalue weighted by atomic mass is 19.4. The topological polar surface area (TPSA) is 68.0 Å². The summed E-state index contributed by atoms with van der Waals surface area (Å²) in [5.41, 5.74) is 3.11. The highest BCUT2D eigenvalue weighted by molar-refractivity contribution is 5.82. The number of hydrogen-bond donors (Lipinski definition) is 1. The number of aliphatic hydroxyl groups excluding tert-OH is 1. The Hall–Kier alpha value is -2.22. The molecule has 0 aliphatic rings. The molecular formula is C26H38F3N3O2. The molecule has 0 aliphatic carbocycles. The molecule has 1 aromatic heterocycles. The fourth-order valence-corrected chi connectivity index (χ4v) is 4.23. The minimum absolute atomic E-state index is 0.0608. The number of rotatable bonds is 12. The van der Waals surface area contributed by atoms with E-state index in [1.54, 1.807) is 0 Å². The average molecular weight is 482 g/mol. The first kappa shape index (κ1) is 28.0. The lowest BCUT2D eigenvalue weighted by Crippen LogP contribution is -2.24. The minimum atomic E-state index is -4.43. The molecule has 0 bridgehead atoms. The quantitative estimate of drug-likeness (QED) is 0.411. The van der Waals surface area contributed by atoms with Gasteiger partial charge in [0.1, 0.15) is 24.0 Å². The minimum Gasteiger partial charge on any atom is -0.396 e. The number of carbonyl (C=O) groups is 1. The van der Waals surface area contributed by atoms with Gasteiger partial charge in [0.2, 0.25) is 0 Å². The molecule has 1 heterocycles. The summed E-state index contributed by atoms with van der Waals surface area (Å²) in [5, 5.41) is 17.6. The maximum Gasteiger partial charge on any atom is 0.406 e. The molecule has 190 valence electrons. The molecule has 1 unspecified atom stereocenters. The molecule has 34 heavy (non-hydrogen) atoms. The number of nitrogens with zero attached hydrogens (tertiary/aromatic N) is 3. The lowest BCUT2D eigenvalue weighted by Gasteiger charge is -2.20. The van der Waals surface area contributed by atoms with E-state index in [2.05, 4.69) is 31.0 Å². The SMILES string of the molecule is Cc1ccc(CC(=O)CC(CCCO)c2nnc(CCCC(C)(C)C)n2CC(F)(F)F)c(C)c1. The van der Waals surface area contributed by atoms with E-state index in [1.165, 1.54) is 0 Å². The third kappa shape index (κ3) is 9.20. The molecule has 2 rings (SSSR count). The van der Waals surface area contributed by atoms with Crippen molar-refractivity contribution in [2.24, 2.45) is 5.41 Å². The number of ketones is 1. The highest BCUT2D eigenvalue weighted by Crippen LogP contribution is 2.30. The zero-order valence-corrected chi connectivity index (χ0v) is 21.0. The lowest BCUT2D eigenvalue weighted by atomic mass is 9.90. The summed E-state index contributed by atoms with van der Waals surface area (Å²) in [4.78, 5) is 12.9. The third-order valence-electron chi connectivity index (χ3n) is 5.96. The Morgan fingerprint density at radius 3 is 2.41 bits per heavy atom. The van der Waals surface area contributed by atoms with E-state index in [0.29, 0.717) is 31.5 Å². The Morgan fingerprint density at radius 2 is 1.82 bits per heavy atom. The Morgan fingerprint density at radius 1 is 1.12 bits per heavy atom. The number of halogens is 3. The maximum atomic E-state index is 13.4. The average Bonchev–Trinajstić information content (AvgIpc) is 3.07. The van der Waals surface area contributed by atoms with E-state index in [0.717, 1.165) is 27.7 Å². The van der Waals surface area contributed by atoms with Gasteiger partial charge in [-0.2, -0.15) is 13.2 Å². The molecule has 2 aromatic rings. The monoisotopic (exact) mass is 481 g/mol. The summed E-state index contributed by atoms with van der Waals surface area (Å²) in [7, 11) is 0. The van der Waals surface area contributed by atoms with Gasteiger partial charge in [-0.25, -0.2) is 0 Å². The number of aryl methyl sites for hydroxylation is 3. The van der Waals surface area contributed by atoms with Gasteiger partial charge in [-0.3, -0.25) is 4.79 Å². The van der Waals surface area contributed by atoms with Crippen LogP contribution in [0.5, 0.6) is 0 Å². The van der Waals surface area contributed by atoms with Crippen molar-refractivity contribution in [3.05, 3.63) is 46.5 Å². The van der Waals surface area contributed by atoms with Gasteiger partial charge in [0.25, 0.3) is 0 Å². The maximum absolute atomic E-state index is 13.4. The van der Waals surface area contributed by atoms with Crippen molar-refractivity contribution in [3.8, 4) is 0 Å². The van der Waals surface area contributed by atoms with Crippen molar-refractivity contribution in [2.75, 3.05) is 6.61 Å². The van der Waals surface area contributed by atoms with Gasteiger partial charge in [0.15, 0.2) is 0 Å². The van der Waals surface area contributed by atoms with Crippen LogP contribution in [0.25, 0.3) is 0 Å². The van der Waals surface area contributed by atoms with Crippen molar-refractivity contribution in [1.82, 2.24) is 14.8 Å². The Balaban J connectivity index is 2.27. The normalized spacial score (nSPS) is 13.3. The van der Waals surface area contributed by atoms with Crippen LogP contribution in [0.2, 0.25) is 0 Å². The van der Waals surface area contributed by atoms with E-state index >= 15 is 0 Å². The second kappa shape index (κ2) is 12.0. The second-order valence-electron chi connectivity index (χ2n) is 10.5. The lowest BCUT2D eigenvalue weighted by molar-refractivity contribution is -0.141. The van der Waals surface area contributed by atoms with E-state index in [-0.39, 0.29) is 36.5 Å². The van der Waals surface area contributed by atoms with Gasteiger partial charge in [-0.1, -0.05) is 44.5 Å². The van der Waals surface area contributed by atoms with Crippen molar-refractivity contribution >= 4 is 5.78 Å². The molecule has 0 amide bonds. The van der Waals surface area contributed by atoms with Crippen LogP contribution in [0.1, 0.15) is 87.1 Å². The van der Waals surface area contributed by atoms with Gasteiger partial charge in [-0.05, 0) is 56.1 Å². The summed E-state index contributed by atoms with van der Waals surface area (Å²) in [5.74, 6) is -0.111. The van der Waals surface area contributed by atoms with Gasteiger partial charge in [0, 0.05) is 31.8 Å². The molecule has 0 fully saturated rings. The summed E-state index contributed by atoms with van der Waals surface area (Å²) in [6.45, 7) is 8.91. The van der Waals surface area contributed by atoms with Gasteiger partial charge < -0.3 is 9.67 Å². The van der Waals surface area contributed by atoms with Crippen LogP contribution in [0.4, 0.5) is 13.2 Å². The number of benzene rings is 1. The van der Waals surface area contributed by atoms with Crippen LogP contribution in [0.3, 0.4) is 0 Å². The summed E-state index contributed by atoms with van der Waals surface area (Å²) in [6.07, 6.45) is -1.47. The molecule has 0 saturated heterocycles. The number of hydrogen-bond acceptors (Lipinski definition) is 4. The van der Waals surface area contributed by atoms with Crippen molar-refractivity contribution in [3.63, 3.8) is 0 Å². The summed E-state index contributed by atoms with van der Waals surface area (Å²) in [6, 6.07) is 5.88. The Labute approximate surface area is 200 Å². The molecule has 1 aromatic carbocycles. The first-order valence-electron chi connectivity index (χ1n) is 12.0. The number of aromatic nitrogens is 3. The van der Waals surface area contributed by atoms with E-state index in [1.807, 2.05) is 32.0 Å². The van der Waals surface area contributed by atoms with Crippen LogP contribution >= 0.6 is 0 Å². The molecule has 0 spiro atoms. The first-order valence-corrected chi connectivity index (χ1v) is 12.0. The summed E-state index contributed by atoms with van der Waals surface area (Å²) >= 11 is 0. The number of alkyl halides is 3. The predicted molar refractivity (Wildman–Crippen MR) is 127 cm³/mol. The Bertz CT molecular complexity index is 946. The standard InChI is InChI=1S/C26H38F3N3O2/c1-18-10-11-20(19(2)14-18)15-22(34)16-21(8-7-13-33)24-31-30-23(9-6-12-25(3,4)5)32(24)17-26(27,28)29/h10-11,14,21,33H,6-9,12-13,15-17H2,1-5H3. The van der Waals surface area contributed by atoms with Gasteiger partial charge in [0.05, 0.1) is 0 Å².